The standard InChI is InChI=1S/C21H26N2O2.ClH/c24-14-13-23(16-17-5-2-1-3-6-17)12-11-21(25)22-20-10-9-18-7-4-8-19(18)15-20;/h1-3,5-6,9-10,15,24H,4,7-8,11-14,16H2,(H,22,25);1H. The number of hydrogen-bond acceptors (Lipinski definition) is 3. The van der Waals surface area contributed by atoms with Crippen molar-refractivity contribution in [2.75, 3.05) is 25.0 Å². The fourth-order valence-corrected chi connectivity index (χ4v) is 3.39. The van der Waals surface area contributed by atoms with E-state index in [2.05, 4.69) is 34.5 Å². The van der Waals surface area contributed by atoms with Gasteiger partial charge < -0.3 is 10.4 Å². The zero-order chi connectivity index (χ0) is 17.5. The number of carbonyl (C=O) groups excluding carboxylic acids is 1. The Hall–Kier alpha value is -1.88. The van der Waals surface area contributed by atoms with Crippen LogP contribution in [0, 0.1) is 0 Å². The molecule has 26 heavy (non-hydrogen) atoms. The second kappa shape index (κ2) is 10.3. The lowest BCUT2D eigenvalue weighted by Gasteiger charge is -2.21. The molecule has 2 aromatic rings. The van der Waals surface area contributed by atoms with Crippen LogP contribution in [0.25, 0.3) is 0 Å². The minimum atomic E-state index is 0. The molecule has 0 aromatic heterocycles. The smallest absolute Gasteiger partial charge is 0.225 e. The third-order valence-electron chi connectivity index (χ3n) is 4.70. The molecule has 0 spiro atoms. The first-order valence-electron chi connectivity index (χ1n) is 9.03. The largest absolute Gasteiger partial charge is 0.395 e. The van der Waals surface area contributed by atoms with Gasteiger partial charge in [-0.05, 0) is 48.1 Å². The molecule has 1 amide bonds. The van der Waals surface area contributed by atoms with Crippen LogP contribution in [0.1, 0.15) is 29.5 Å². The van der Waals surface area contributed by atoms with Gasteiger partial charge in [0.05, 0.1) is 6.61 Å². The maximum Gasteiger partial charge on any atom is 0.225 e. The highest BCUT2D eigenvalue weighted by Gasteiger charge is 2.13. The van der Waals surface area contributed by atoms with Crippen molar-refractivity contribution in [3.63, 3.8) is 0 Å². The normalized spacial score (nSPS) is 12.5. The summed E-state index contributed by atoms with van der Waals surface area (Å²) in [6.07, 6.45) is 3.89. The molecule has 5 heteroatoms. The number of halogens is 1. The minimum Gasteiger partial charge on any atom is -0.395 e. The van der Waals surface area contributed by atoms with E-state index in [0.29, 0.717) is 19.5 Å². The number of fused-ring (bicyclic) bond motifs is 1. The fraction of sp³-hybridized carbons (Fsp3) is 0.381. The number of carbonyl (C=O) groups is 1. The van der Waals surface area contributed by atoms with Crippen molar-refractivity contribution in [1.82, 2.24) is 4.90 Å². The Labute approximate surface area is 161 Å². The molecule has 4 nitrogen and oxygen atoms in total. The highest BCUT2D eigenvalue weighted by atomic mass is 35.5. The number of nitrogens with one attached hydrogen (secondary N) is 1. The summed E-state index contributed by atoms with van der Waals surface area (Å²) in [4.78, 5) is 14.4. The first kappa shape index (κ1) is 20.4. The summed E-state index contributed by atoms with van der Waals surface area (Å²) in [6, 6.07) is 16.4. The monoisotopic (exact) mass is 374 g/mol. The SMILES string of the molecule is Cl.O=C(CCN(CCO)Cc1ccccc1)Nc1ccc2c(c1)CCC2. The van der Waals surface area contributed by atoms with Crippen molar-refractivity contribution >= 4 is 24.0 Å². The lowest BCUT2D eigenvalue weighted by atomic mass is 10.1. The quantitative estimate of drug-likeness (QED) is 0.744. The number of nitrogens with zero attached hydrogens (tertiary/aromatic N) is 1. The highest BCUT2D eigenvalue weighted by Crippen LogP contribution is 2.24. The van der Waals surface area contributed by atoms with Gasteiger partial charge in [0, 0.05) is 31.7 Å². The van der Waals surface area contributed by atoms with Crippen LogP contribution in [0.3, 0.4) is 0 Å². The summed E-state index contributed by atoms with van der Waals surface area (Å²) in [5.74, 6) is 0.0222. The van der Waals surface area contributed by atoms with Crippen molar-refractivity contribution in [1.29, 1.82) is 0 Å². The number of benzene rings is 2. The molecular formula is C21H27ClN2O2. The third kappa shape index (κ3) is 5.84. The Morgan fingerprint density at radius 3 is 2.58 bits per heavy atom. The van der Waals surface area contributed by atoms with E-state index in [-0.39, 0.29) is 24.9 Å². The summed E-state index contributed by atoms with van der Waals surface area (Å²) in [7, 11) is 0. The van der Waals surface area contributed by atoms with E-state index in [0.717, 1.165) is 25.1 Å². The van der Waals surface area contributed by atoms with Gasteiger partial charge >= 0.3 is 0 Å². The van der Waals surface area contributed by atoms with Crippen molar-refractivity contribution in [3.8, 4) is 0 Å². The van der Waals surface area contributed by atoms with Gasteiger partial charge in [0.1, 0.15) is 0 Å². The van der Waals surface area contributed by atoms with E-state index < -0.39 is 0 Å². The second-order valence-corrected chi connectivity index (χ2v) is 6.62. The van der Waals surface area contributed by atoms with Crippen LogP contribution in [-0.2, 0) is 24.2 Å². The van der Waals surface area contributed by atoms with Crippen LogP contribution in [0.5, 0.6) is 0 Å². The van der Waals surface area contributed by atoms with Crippen molar-refractivity contribution in [2.45, 2.75) is 32.2 Å². The topological polar surface area (TPSA) is 52.6 Å². The molecule has 3 rings (SSSR count). The first-order valence-corrected chi connectivity index (χ1v) is 9.03. The van der Waals surface area contributed by atoms with Gasteiger partial charge in [0.25, 0.3) is 0 Å². The number of rotatable bonds is 8. The van der Waals surface area contributed by atoms with E-state index in [4.69, 9.17) is 0 Å². The van der Waals surface area contributed by atoms with Gasteiger partial charge in [0.15, 0.2) is 0 Å². The van der Waals surface area contributed by atoms with Crippen molar-refractivity contribution in [2.24, 2.45) is 0 Å². The number of hydrogen-bond donors (Lipinski definition) is 2. The summed E-state index contributed by atoms with van der Waals surface area (Å²) in [5, 5.41) is 12.3. The molecule has 0 saturated carbocycles. The highest BCUT2D eigenvalue weighted by molar-refractivity contribution is 5.91. The second-order valence-electron chi connectivity index (χ2n) is 6.62. The van der Waals surface area contributed by atoms with Crippen LogP contribution < -0.4 is 5.32 Å². The molecule has 0 saturated heterocycles. The predicted octanol–water partition coefficient (Wildman–Crippen LogP) is 3.42. The van der Waals surface area contributed by atoms with Crippen LogP contribution in [-0.4, -0.2) is 35.6 Å². The Bertz CT molecular complexity index is 706. The van der Waals surface area contributed by atoms with Crippen molar-refractivity contribution < 1.29 is 9.90 Å². The van der Waals surface area contributed by atoms with Gasteiger partial charge in [-0.15, -0.1) is 12.4 Å². The van der Waals surface area contributed by atoms with Gasteiger partial charge in [-0.25, -0.2) is 0 Å². The maximum atomic E-state index is 12.3. The molecule has 0 bridgehead atoms. The van der Waals surface area contributed by atoms with Gasteiger partial charge in [0.2, 0.25) is 5.91 Å². The summed E-state index contributed by atoms with van der Waals surface area (Å²) in [6.45, 7) is 2.04. The molecule has 0 unspecified atom stereocenters. The minimum absolute atomic E-state index is 0. The summed E-state index contributed by atoms with van der Waals surface area (Å²) in [5.41, 5.74) is 4.86. The molecule has 1 aliphatic rings. The summed E-state index contributed by atoms with van der Waals surface area (Å²) >= 11 is 0. The first-order chi connectivity index (χ1) is 12.2. The lowest BCUT2D eigenvalue weighted by molar-refractivity contribution is -0.116. The van der Waals surface area contributed by atoms with E-state index in [9.17, 15) is 9.90 Å². The molecular weight excluding hydrogens is 348 g/mol. The molecule has 0 fully saturated rings. The molecule has 0 atom stereocenters. The molecule has 2 N–H and O–H groups in total. The molecule has 1 aliphatic carbocycles. The Morgan fingerprint density at radius 1 is 1.04 bits per heavy atom. The zero-order valence-electron chi connectivity index (χ0n) is 15.0. The molecule has 0 aliphatic heterocycles. The fourth-order valence-electron chi connectivity index (χ4n) is 3.39. The van der Waals surface area contributed by atoms with Gasteiger partial charge in [-0.2, -0.15) is 0 Å². The van der Waals surface area contributed by atoms with Crippen LogP contribution in [0.15, 0.2) is 48.5 Å². The molecule has 0 heterocycles. The Morgan fingerprint density at radius 2 is 1.81 bits per heavy atom. The Balaban J connectivity index is 0.00000243. The van der Waals surface area contributed by atoms with E-state index in [1.807, 2.05) is 24.3 Å². The average Bonchev–Trinajstić information content (AvgIpc) is 3.08. The van der Waals surface area contributed by atoms with Gasteiger partial charge in [-0.3, -0.25) is 9.69 Å². The van der Waals surface area contributed by atoms with Gasteiger partial charge in [-0.1, -0.05) is 36.4 Å². The Kier molecular flexibility index (Phi) is 8.10. The maximum absolute atomic E-state index is 12.3. The third-order valence-corrected chi connectivity index (χ3v) is 4.70. The van der Waals surface area contributed by atoms with E-state index in [1.165, 1.54) is 23.1 Å². The van der Waals surface area contributed by atoms with Crippen LogP contribution in [0.2, 0.25) is 0 Å². The van der Waals surface area contributed by atoms with E-state index in [1.54, 1.807) is 0 Å². The molecule has 2 aromatic carbocycles. The molecule has 140 valence electrons. The van der Waals surface area contributed by atoms with Crippen LogP contribution >= 0.6 is 12.4 Å². The number of anilines is 1. The zero-order valence-corrected chi connectivity index (χ0v) is 15.8. The molecule has 0 radical (unpaired) electrons. The number of amides is 1. The van der Waals surface area contributed by atoms with E-state index >= 15 is 0 Å². The predicted molar refractivity (Wildman–Crippen MR) is 108 cm³/mol. The number of aryl methyl sites for hydroxylation is 2. The number of aliphatic hydroxyl groups excluding tert-OH is 1. The van der Waals surface area contributed by atoms with Crippen molar-refractivity contribution in [3.05, 3.63) is 65.2 Å². The number of aliphatic hydroxyl groups is 1. The lowest BCUT2D eigenvalue weighted by Crippen LogP contribution is -2.30. The summed E-state index contributed by atoms with van der Waals surface area (Å²) < 4.78 is 0. The van der Waals surface area contributed by atoms with Crippen LogP contribution in [0.4, 0.5) is 5.69 Å². The average molecular weight is 375 g/mol.